The van der Waals surface area contributed by atoms with Crippen molar-refractivity contribution >= 4 is 28.5 Å². The fraction of sp³-hybridized carbons (Fsp3) is 0.286. The Morgan fingerprint density at radius 2 is 1.81 bits per heavy atom. The van der Waals surface area contributed by atoms with Crippen molar-refractivity contribution in [1.29, 1.82) is 0 Å². The van der Waals surface area contributed by atoms with Crippen molar-refractivity contribution < 1.29 is 9.53 Å². The maximum atomic E-state index is 13.0. The molecule has 0 amide bonds. The van der Waals surface area contributed by atoms with Crippen molar-refractivity contribution in [2.24, 2.45) is 0 Å². The number of ether oxygens (including phenoxy) is 1. The second kappa shape index (κ2) is 7.16. The van der Waals surface area contributed by atoms with Crippen molar-refractivity contribution in [2.45, 2.75) is 37.7 Å². The van der Waals surface area contributed by atoms with Crippen molar-refractivity contribution in [3.05, 3.63) is 75.3 Å². The Labute approximate surface area is 161 Å². The van der Waals surface area contributed by atoms with Crippen LogP contribution < -0.4 is 5.56 Å². The van der Waals surface area contributed by atoms with Crippen LogP contribution >= 0.6 is 11.6 Å². The van der Waals surface area contributed by atoms with Crippen LogP contribution in [0, 0.1) is 0 Å². The molecule has 0 atom stereocenters. The lowest BCUT2D eigenvalue weighted by molar-refractivity contribution is -0.152. The quantitative estimate of drug-likeness (QED) is 0.688. The Kier molecular flexibility index (Phi) is 4.70. The standard InChI is InChI=1S/C21H19ClN2O3/c22-15-9-7-14(8-10-15)21(11-3-4-12-21)20(26)27-13-18-23-17-6-2-1-5-16(17)19(25)24-18/h1-2,5-10H,3-4,11-13H2,(H,23,24,25). The van der Waals surface area contributed by atoms with Gasteiger partial charge in [0, 0.05) is 5.02 Å². The van der Waals surface area contributed by atoms with E-state index in [1.165, 1.54) is 0 Å². The van der Waals surface area contributed by atoms with Gasteiger partial charge in [-0.2, -0.15) is 0 Å². The maximum Gasteiger partial charge on any atom is 0.317 e. The number of nitrogens with zero attached hydrogens (tertiary/aromatic N) is 1. The predicted molar refractivity (Wildman–Crippen MR) is 104 cm³/mol. The number of H-pyrrole nitrogens is 1. The highest BCUT2D eigenvalue weighted by Gasteiger charge is 2.44. The van der Waals surface area contributed by atoms with Gasteiger partial charge in [-0.3, -0.25) is 9.59 Å². The number of para-hydroxylation sites is 1. The summed E-state index contributed by atoms with van der Waals surface area (Å²) in [6.45, 7) is -0.0613. The van der Waals surface area contributed by atoms with Crippen molar-refractivity contribution in [3.8, 4) is 0 Å². The number of benzene rings is 2. The van der Waals surface area contributed by atoms with E-state index in [9.17, 15) is 9.59 Å². The number of halogens is 1. The number of esters is 1. The first-order chi connectivity index (χ1) is 13.1. The molecule has 138 valence electrons. The first-order valence-corrected chi connectivity index (χ1v) is 9.37. The molecule has 0 unspecified atom stereocenters. The molecule has 1 saturated carbocycles. The topological polar surface area (TPSA) is 72.0 Å². The third-order valence-electron chi connectivity index (χ3n) is 5.25. The van der Waals surface area contributed by atoms with Gasteiger partial charge in [0.15, 0.2) is 0 Å². The molecule has 1 fully saturated rings. The Morgan fingerprint density at radius 3 is 2.56 bits per heavy atom. The molecule has 0 spiro atoms. The number of fused-ring (bicyclic) bond motifs is 1. The van der Waals surface area contributed by atoms with Gasteiger partial charge in [0.1, 0.15) is 12.4 Å². The Hall–Kier alpha value is -2.66. The second-order valence-electron chi connectivity index (χ2n) is 6.90. The Bertz CT molecular complexity index is 1040. The van der Waals surface area contributed by atoms with Crippen LogP contribution in [0.2, 0.25) is 5.02 Å². The highest BCUT2D eigenvalue weighted by molar-refractivity contribution is 6.30. The van der Waals surface area contributed by atoms with E-state index in [4.69, 9.17) is 16.3 Å². The maximum absolute atomic E-state index is 13.0. The van der Waals surface area contributed by atoms with Crippen molar-refractivity contribution in [2.75, 3.05) is 0 Å². The van der Waals surface area contributed by atoms with E-state index < -0.39 is 5.41 Å². The summed E-state index contributed by atoms with van der Waals surface area (Å²) in [6.07, 6.45) is 3.44. The molecule has 2 aromatic carbocycles. The average molecular weight is 383 g/mol. The number of carbonyl (C=O) groups is 1. The van der Waals surface area contributed by atoms with E-state index in [-0.39, 0.29) is 18.1 Å². The number of rotatable bonds is 4. The minimum Gasteiger partial charge on any atom is -0.457 e. The number of hydrogen-bond donors (Lipinski definition) is 1. The van der Waals surface area contributed by atoms with E-state index in [0.717, 1.165) is 31.2 Å². The van der Waals surface area contributed by atoms with Crippen LogP contribution in [-0.2, 0) is 21.6 Å². The molecule has 4 rings (SSSR count). The van der Waals surface area contributed by atoms with Gasteiger partial charge >= 0.3 is 5.97 Å². The fourth-order valence-electron chi connectivity index (χ4n) is 3.83. The monoisotopic (exact) mass is 382 g/mol. The molecule has 0 bridgehead atoms. The van der Waals surface area contributed by atoms with Crippen molar-refractivity contribution in [3.63, 3.8) is 0 Å². The first kappa shape index (κ1) is 17.7. The molecule has 3 aromatic rings. The minimum absolute atomic E-state index is 0.0613. The second-order valence-corrected chi connectivity index (χ2v) is 7.34. The zero-order valence-electron chi connectivity index (χ0n) is 14.7. The van der Waals surface area contributed by atoms with E-state index in [2.05, 4.69) is 9.97 Å². The molecule has 1 aliphatic rings. The van der Waals surface area contributed by atoms with Crippen LogP contribution in [0.1, 0.15) is 37.1 Å². The van der Waals surface area contributed by atoms with E-state index in [1.807, 2.05) is 18.2 Å². The molecule has 6 heteroatoms. The summed E-state index contributed by atoms with van der Waals surface area (Å²) >= 11 is 5.99. The smallest absolute Gasteiger partial charge is 0.317 e. The van der Waals surface area contributed by atoms with Crippen LogP contribution in [-0.4, -0.2) is 15.9 Å². The molecular formula is C21H19ClN2O3. The molecule has 0 radical (unpaired) electrons. The predicted octanol–water partition coefficient (Wildman–Crippen LogP) is 4.13. The van der Waals surface area contributed by atoms with Gasteiger partial charge in [0.2, 0.25) is 0 Å². The van der Waals surface area contributed by atoms with Gasteiger partial charge in [0.05, 0.1) is 16.3 Å². The van der Waals surface area contributed by atoms with Gasteiger partial charge < -0.3 is 9.72 Å². The first-order valence-electron chi connectivity index (χ1n) is 9.00. The van der Waals surface area contributed by atoms with Crippen LogP contribution in [0.15, 0.2) is 53.3 Å². The van der Waals surface area contributed by atoms with Gasteiger partial charge in [-0.05, 0) is 42.7 Å². The fourth-order valence-corrected chi connectivity index (χ4v) is 3.96. The Balaban J connectivity index is 1.57. The average Bonchev–Trinajstić information content (AvgIpc) is 3.18. The van der Waals surface area contributed by atoms with Gasteiger partial charge in [-0.25, -0.2) is 4.98 Å². The summed E-state index contributed by atoms with van der Waals surface area (Å²) in [5.74, 6) is 0.0643. The van der Waals surface area contributed by atoms with Crippen LogP contribution in [0.3, 0.4) is 0 Å². The highest BCUT2D eigenvalue weighted by atomic mass is 35.5. The van der Waals surface area contributed by atoms with E-state index in [0.29, 0.717) is 21.7 Å². The van der Waals surface area contributed by atoms with E-state index in [1.54, 1.807) is 30.3 Å². The van der Waals surface area contributed by atoms with Gasteiger partial charge in [0.25, 0.3) is 5.56 Å². The third kappa shape index (κ3) is 3.35. The normalized spacial score (nSPS) is 15.7. The molecule has 1 heterocycles. The van der Waals surface area contributed by atoms with Gasteiger partial charge in [-0.15, -0.1) is 0 Å². The summed E-state index contributed by atoms with van der Waals surface area (Å²) in [4.78, 5) is 32.3. The lowest BCUT2D eigenvalue weighted by atomic mass is 9.79. The number of aromatic amines is 1. The largest absolute Gasteiger partial charge is 0.457 e. The number of nitrogens with one attached hydrogen (secondary N) is 1. The van der Waals surface area contributed by atoms with E-state index >= 15 is 0 Å². The summed E-state index contributed by atoms with van der Waals surface area (Å²) in [6, 6.07) is 14.5. The van der Waals surface area contributed by atoms with Gasteiger partial charge in [-0.1, -0.05) is 48.7 Å². The van der Waals surface area contributed by atoms with Crippen LogP contribution in [0.4, 0.5) is 0 Å². The highest BCUT2D eigenvalue weighted by Crippen LogP contribution is 2.42. The molecule has 1 aromatic heterocycles. The molecule has 1 N–H and O–H groups in total. The van der Waals surface area contributed by atoms with Crippen LogP contribution in [0.5, 0.6) is 0 Å². The zero-order chi connectivity index (χ0) is 18.9. The van der Waals surface area contributed by atoms with Crippen LogP contribution in [0.25, 0.3) is 10.9 Å². The third-order valence-corrected chi connectivity index (χ3v) is 5.50. The summed E-state index contributed by atoms with van der Waals surface area (Å²) in [7, 11) is 0. The summed E-state index contributed by atoms with van der Waals surface area (Å²) in [5, 5.41) is 1.15. The SMILES string of the molecule is O=C(OCc1nc2ccccc2c(=O)[nH]1)C1(c2ccc(Cl)cc2)CCCC1. The molecule has 5 nitrogen and oxygen atoms in total. The lowest BCUT2D eigenvalue weighted by Crippen LogP contribution is -2.34. The molecular weight excluding hydrogens is 364 g/mol. The number of carbonyl (C=O) groups excluding carboxylic acids is 1. The minimum atomic E-state index is -0.651. The zero-order valence-corrected chi connectivity index (χ0v) is 15.5. The summed E-state index contributed by atoms with van der Waals surface area (Å²) < 4.78 is 5.60. The molecule has 1 aliphatic carbocycles. The molecule has 27 heavy (non-hydrogen) atoms. The molecule has 0 aliphatic heterocycles. The van der Waals surface area contributed by atoms with Crippen molar-refractivity contribution in [1.82, 2.24) is 9.97 Å². The Morgan fingerprint density at radius 1 is 1.11 bits per heavy atom. The molecule has 0 saturated heterocycles. The summed E-state index contributed by atoms with van der Waals surface area (Å²) in [5.41, 5.74) is 0.622. The lowest BCUT2D eigenvalue weighted by Gasteiger charge is -2.27. The number of hydrogen-bond acceptors (Lipinski definition) is 4. The number of aromatic nitrogens is 2.